The number of aliphatic hydroxyl groups excluding tert-OH is 1. The first-order chi connectivity index (χ1) is 14.5. The van der Waals surface area contributed by atoms with Gasteiger partial charge in [-0.2, -0.15) is 0 Å². The Balaban J connectivity index is 1.90. The fraction of sp³-hybridized carbons (Fsp3) is 0.696. The lowest BCUT2D eigenvalue weighted by molar-refractivity contribution is -0.157. The maximum atomic E-state index is 14.0. The highest BCUT2D eigenvalue weighted by atomic mass is 16.6. The van der Waals surface area contributed by atoms with Crippen molar-refractivity contribution in [2.45, 2.75) is 63.9 Å². The zero-order chi connectivity index (χ0) is 22.7. The van der Waals surface area contributed by atoms with E-state index in [1.54, 1.807) is 23.1 Å². The normalized spacial score (nSPS) is 36.2. The molecule has 4 rings (SSSR count). The Morgan fingerprint density at radius 1 is 1.19 bits per heavy atom. The summed E-state index contributed by atoms with van der Waals surface area (Å²) in [6, 6.07) is -1.53. The summed E-state index contributed by atoms with van der Waals surface area (Å²) >= 11 is 0. The van der Waals surface area contributed by atoms with Gasteiger partial charge in [0.1, 0.15) is 24.2 Å². The van der Waals surface area contributed by atoms with Gasteiger partial charge in [-0.3, -0.25) is 14.4 Å². The first-order valence-corrected chi connectivity index (χ1v) is 11.0. The molecule has 2 amide bonds. The number of ether oxygens (including phenoxy) is 2. The summed E-state index contributed by atoms with van der Waals surface area (Å²) in [5.74, 6) is -2.87. The highest BCUT2D eigenvalue weighted by Gasteiger charge is 2.73. The van der Waals surface area contributed by atoms with Gasteiger partial charge in [0.15, 0.2) is 0 Å². The molecule has 2 saturated heterocycles. The summed E-state index contributed by atoms with van der Waals surface area (Å²) < 4.78 is 11.8. The molecule has 1 N–H and O–H groups in total. The lowest BCUT2D eigenvalue weighted by atomic mass is 9.78. The van der Waals surface area contributed by atoms with E-state index in [1.165, 1.54) is 4.90 Å². The van der Waals surface area contributed by atoms with Gasteiger partial charge < -0.3 is 24.4 Å². The SMILES string of the molecule is CC(C)[C@H](CO)N1C(=O)[C@@H]2[C@H]3C(=O)OCC=C[C@H]3O[C@@]23C=CCN(C(C)(C)C)C(=O)C13. The zero-order valence-corrected chi connectivity index (χ0v) is 18.8. The molecule has 31 heavy (non-hydrogen) atoms. The van der Waals surface area contributed by atoms with Crippen molar-refractivity contribution >= 4 is 17.8 Å². The van der Waals surface area contributed by atoms with Crippen LogP contribution in [-0.4, -0.2) is 81.8 Å². The average Bonchev–Trinajstić information content (AvgIpc) is 2.96. The number of hydrogen-bond donors (Lipinski definition) is 1. The molecule has 4 heterocycles. The lowest BCUT2D eigenvalue weighted by Crippen LogP contribution is -2.61. The zero-order valence-electron chi connectivity index (χ0n) is 18.8. The number of amides is 2. The second-order valence-electron chi connectivity index (χ2n) is 10.2. The van der Waals surface area contributed by atoms with Crippen molar-refractivity contribution in [2.24, 2.45) is 17.8 Å². The Kier molecular flexibility index (Phi) is 5.29. The minimum atomic E-state index is -1.29. The van der Waals surface area contributed by atoms with E-state index in [4.69, 9.17) is 9.47 Å². The van der Waals surface area contributed by atoms with Crippen LogP contribution in [0.5, 0.6) is 0 Å². The van der Waals surface area contributed by atoms with E-state index in [0.29, 0.717) is 6.54 Å². The van der Waals surface area contributed by atoms with Gasteiger partial charge in [0, 0.05) is 12.1 Å². The largest absolute Gasteiger partial charge is 0.461 e. The van der Waals surface area contributed by atoms with E-state index in [-0.39, 0.29) is 30.9 Å². The molecule has 0 aromatic heterocycles. The van der Waals surface area contributed by atoms with Gasteiger partial charge in [-0.25, -0.2) is 0 Å². The third kappa shape index (κ3) is 3.14. The van der Waals surface area contributed by atoms with Crippen molar-refractivity contribution < 1.29 is 29.0 Å². The summed E-state index contributed by atoms with van der Waals surface area (Å²) in [4.78, 5) is 43.9. The molecule has 6 atom stereocenters. The second-order valence-corrected chi connectivity index (χ2v) is 10.2. The smallest absolute Gasteiger partial charge is 0.313 e. The van der Waals surface area contributed by atoms with Gasteiger partial charge in [-0.1, -0.05) is 32.1 Å². The van der Waals surface area contributed by atoms with Gasteiger partial charge in [-0.15, -0.1) is 0 Å². The number of fused-ring (bicyclic) bond motifs is 2. The summed E-state index contributed by atoms with van der Waals surface area (Å²) in [6.07, 6.45) is 6.49. The molecule has 1 unspecified atom stereocenters. The van der Waals surface area contributed by atoms with Crippen LogP contribution in [0.4, 0.5) is 0 Å². The molecule has 4 aliphatic heterocycles. The molecule has 0 bridgehead atoms. The molecular formula is C23H32N2O6. The van der Waals surface area contributed by atoms with E-state index in [0.717, 1.165) is 0 Å². The topological polar surface area (TPSA) is 96.4 Å². The fourth-order valence-corrected chi connectivity index (χ4v) is 5.49. The van der Waals surface area contributed by atoms with Crippen LogP contribution in [0, 0.1) is 17.8 Å². The first-order valence-electron chi connectivity index (χ1n) is 11.0. The van der Waals surface area contributed by atoms with Crippen LogP contribution < -0.4 is 0 Å². The van der Waals surface area contributed by atoms with E-state index in [1.807, 2.05) is 40.7 Å². The number of hydrogen-bond acceptors (Lipinski definition) is 6. The number of aliphatic hydroxyl groups is 1. The predicted octanol–water partition coefficient (Wildman–Crippen LogP) is 0.894. The van der Waals surface area contributed by atoms with E-state index in [2.05, 4.69) is 0 Å². The molecule has 0 aromatic carbocycles. The Morgan fingerprint density at radius 3 is 2.52 bits per heavy atom. The predicted molar refractivity (Wildman–Crippen MR) is 112 cm³/mol. The first kappa shape index (κ1) is 22.0. The van der Waals surface area contributed by atoms with Gasteiger partial charge in [-0.05, 0) is 32.8 Å². The fourth-order valence-electron chi connectivity index (χ4n) is 5.49. The van der Waals surface area contributed by atoms with E-state index in [9.17, 15) is 19.5 Å². The van der Waals surface area contributed by atoms with Crippen LogP contribution in [0.3, 0.4) is 0 Å². The van der Waals surface area contributed by atoms with Gasteiger partial charge >= 0.3 is 5.97 Å². The van der Waals surface area contributed by atoms with Crippen molar-refractivity contribution in [3.63, 3.8) is 0 Å². The summed E-state index contributed by atoms with van der Waals surface area (Å²) in [7, 11) is 0. The summed E-state index contributed by atoms with van der Waals surface area (Å²) in [6.45, 7) is 9.86. The van der Waals surface area contributed by atoms with Crippen molar-refractivity contribution in [1.82, 2.24) is 9.80 Å². The van der Waals surface area contributed by atoms with Crippen molar-refractivity contribution in [3.05, 3.63) is 24.3 Å². The van der Waals surface area contributed by atoms with Gasteiger partial charge in [0.2, 0.25) is 11.8 Å². The number of carbonyl (C=O) groups is 3. The molecule has 8 nitrogen and oxygen atoms in total. The third-order valence-corrected chi connectivity index (χ3v) is 6.98. The molecule has 4 aliphatic rings. The average molecular weight is 433 g/mol. The maximum Gasteiger partial charge on any atom is 0.313 e. The molecular weight excluding hydrogens is 400 g/mol. The van der Waals surface area contributed by atoms with Crippen LogP contribution in [0.25, 0.3) is 0 Å². The maximum absolute atomic E-state index is 14.0. The number of nitrogens with zero attached hydrogens (tertiary/aromatic N) is 2. The van der Waals surface area contributed by atoms with Crippen LogP contribution >= 0.6 is 0 Å². The standard InChI is InChI=1S/C23H32N2O6/c1-13(2)14(12-26)25-18-20(28)24(22(3,4)5)10-7-9-23(18)17(19(25)27)16-15(31-23)8-6-11-30-21(16)29/h6-9,13-18,26H,10-12H2,1-5H3/t14-,15+,16-,17-,18?,23-/m0/s1. The summed E-state index contributed by atoms with van der Waals surface area (Å²) in [5, 5.41) is 10.2. The highest BCUT2D eigenvalue weighted by molar-refractivity contribution is 5.99. The number of cyclic esters (lactones) is 1. The van der Waals surface area contributed by atoms with E-state index < -0.39 is 47.1 Å². The highest BCUT2D eigenvalue weighted by Crippen LogP contribution is 2.54. The molecule has 0 aromatic rings. The Hall–Kier alpha value is -2.19. The van der Waals surface area contributed by atoms with Crippen molar-refractivity contribution in [3.8, 4) is 0 Å². The number of esters is 1. The molecule has 0 saturated carbocycles. The lowest BCUT2D eigenvalue weighted by Gasteiger charge is -2.42. The number of carbonyl (C=O) groups excluding carboxylic acids is 3. The van der Waals surface area contributed by atoms with Gasteiger partial charge in [0.25, 0.3) is 0 Å². The Bertz CT molecular complexity index is 843. The van der Waals surface area contributed by atoms with E-state index >= 15 is 0 Å². The molecule has 0 radical (unpaired) electrons. The van der Waals surface area contributed by atoms with Crippen LogP contribution in [0.1, 0.15) is 34.6 Å². The van der Waals surface area contributed by atoms with Crippen molar-refractivity contribution in [1.29, 1.82) is 0 Å². The Morgan fingerprint density at radius 2 is 1.90 bits per heavy atom. The quantitative estimate of drug-likeness (QED) is 0.526. The van der Waals surface area contributed by atoms with Crippen molar-refractivity contribution in [2.75, 3.05) is 19.8 Å². The molecule has 170 valence electrons. The Labute approximate surface area is 182 Å². The van der Waals surface area contributed by atoms with Gasteiger partial charge in [0.05, 0.1) is 24.7 Å². The molecule has 0 aliphatic carbocycles. The second kappa shape index (κ2) is 7.45. The molecule has 8 heteroatoms. The van der Waals surface area contributed by atoms with Crippen LogP contribution in [0.2, 0.25) is 0 Å². The van der Waals surface area contributed by atoms with Crippen LogP contribution in [-0.2, 0) is 23.9 Å². The summed E-state index contributed by atoms with van der Waals surface area (Å²) in [5.41, 5.74) is -1.76. The molecule has 1 spiro atoms. The third-order valence-electron chi connectivity index (χ3n) is 6.98. The molecule has 2 fully saturated rings. The number of likely N-dealkylation sites (tertiary alicyclic amines) is 1. The van der Waals surface area contributed by atoms with Crippen LogP contribution in [0.15, 0.2) is 24.3 Å². The minimum Gasteiger partial charge on any atom is -0.461 e. The number of rotatable bonds is 3. The monoisotopic (exact) mass is 432 g/mol. The minimum absolute atomic E-state index is 0.0928.